The number of rotatable bonds is 1. The van der Waals surface area contributed by atoms with E-state index in [1.165, 1.54) is 0 Å². The summed E-state index contributed by atoms with van der Waals surface area (Å²) >= 11 is 3.83. The van der Waals surface area contributed by atoms with Crippen LogP contribution in [0.15, 0.2) is 6.20 Å². The molecule has 2 unspecified atom stereocenters. The van der Waals surface area contributed by atoms with Crippen LogP contribution in [0.4, 0.5) is 0 Å². The Morgan fingerprint density at radius 2 is 2.62 bits per heavy atom. The maximum absolute atomic E-state index is 8.85. The van der Waals surface area contributed by atoms with Crippen LogP contribution in [-0.2, 0) is 4.74 Å². The van der Waals surface area contributed by atoms with Crippen LogP contribution in [0.25, 0.3) is 0 Å². The van der Waals surface area contributed by atoms with Gasteiger partial charge in [-0.15, -0.1) is 11.3 Å². The molecule has 0 bridgehead atoms. The van der Waals surface area contributed by atoms with Gasteiger partial charge in [0, 0.05) is 6.61 Å². The van der Waals surface area contributed by atoms with Gasteiger partial charge in [0.15, 0.2) is 0 Å². The first-order chi connectivity index (χ1) is 6.31. The van der Waals surface area contributed by atoms with Crippen LogP contribution in [0.5, 0.6) is 0 Å². The summed E-state index contributed by atoms with van der Waals surface area (Å²) in [7, 11) is 0. The third kappa shape index (κ3) is 1.85. The summed E-state index contributed by atoms with van der Waals surface area (Å²) in [5, 5.41) is 9.79. The number of hydrogen-bond acceptors (Lipinski definition) is 4. The van der Waals surface area contributed by atoms with Gasteiger partial charge in [0.25, 0.3) is 0 Å². The van der Waals surface area contributed by atoms with E-state index in [-0.39, 0.29) is 12.0 Å². The largest absolute Gasteiger partial charge is 0.370 e. The zero-order valence-corrected chi connectivity index (χ0v) is 9.71. The molecule has 5 heteroatoms. The fraction of sp³-hybridized carbons (Fsp3) is 0.500. The molecule has 1 fully saturated rings. The Balaban J connectivity index is 2.21. The van der Waals surface area contributed by atoms with Crippen molar-refractivity contribution in [2.75, 3.05) is 6.61 Å². The second kappa shape index (κ2) is 3.90. The molecule has 0 N–H and O–H groups in total. The Bertz CT molecular complexity index is 346. The SMILES string of the molecule is N#CC1CCOC1c1ncc(I)s1. The Morgan fingerprint density at radius 3 is 3.23 bits per heavy atom. The monoisotopic (exact) mass is 306 g/mol. The Morgan fingerprint density at radius 1 is 1.77 bits per heavy atom. The summed E-state index contributed by atoms with van der Waals surface area (Å²) in [6.07, 6.45) is 2.56. The lowest BCUT2D eigenvalue weighted by Gasteiger charge is -2.07. The fourth-order valence-electron chi connectivity index (χ4n) is 1.36. The van der Waals surface area contributed by atoms with Crippen molar-refractivity contribution in [3.05, 3.63) is 14.1 Å². The van der Waals surface area contributed by atoms with Gasteiger partial charge < -0.3 is 4.74 Å². The van der Waals surface area contributed by atoms with Crippen molar-refractivity contribution < 1.29 is 4.74 Å². The number of nitrogens with zero attached hydrogens (tertiary/aromatic N) is 2. The first-order valence-corrected chi connectivity index (χ1v) is 5.83. The molecule has 0 amide bonds. The van der Waals surface area contributed by atoms with Crippen LogP contribution in [0.2, 0.25) is 0 Å². The highest BCUT2D eigenvalue weighted by molar-refractivity contribution is 14.1. The van der Waals surface area contributed by atoms with Crippen LogP contribution in [0.3, 0.4) is 0 Å². The van der Waals surface area contributed by atoms with Crippen LogP contribution in [0, 0.1) is 20.1 Å². The molecule has 0 aromatic carbocycles. The molecule has 2 rings (SSSR count). The molecular weight excluding hydrogens is 299 g/mol. The predicted octanol–water partition coefficient (Wildman–Crippen LogP) is 2.35. The molecular formula is C8H7IN2OS. The maximum Gasteiger partial charge on any atom is 0.125 e. The molecule has 1 saturated heterocycles. The fourth-order valence-corrected chi connectivity index (χ4v) is 2.94. The third-order valence-corrected chi connectivity index (χ3v) is 3.78. The number of hydrogen-bond donors (Lipinski definition) is 0. The zero-order valence-electron chi connectivity index (χ0n) is 6.74. The van der Waals surface area contributed by atoms with Crippen molar-refractivity contribution in [2.45, 2.75) is 12.5 Å². The van der Waals surface area contributed by atoms with E-state index in [9.17, 15) is 0 Å². The predicted molar refractivity (Wildman–Crippen MR) is 57.2 cm³/mol. The quantitative estimate of drug-likeness (QED) is 0.748. The van der Waals surface area contributed by atoms with E-state index in [4.69, 9.17) is 10.00 Å². The molecule has 1 aromatic heterocycles. The molecule has 0 aliphatic carbocycles. The number of ether oxygens (including phenoxy) is 1. The van der Waals surface area contributed by atoms with Crippen molar-refractivity contribution in [2.24, 2.45) is 5.92 Å². The second-order valence-corrected chi connectivity index (χ2v) is 5.77. The summed E-state index contributed by atoms with van der Waals surface area (Å²) in [6.45, 7) is 0.680. The minimum Gasteiger partial charge on any atom is -0.370 e. The Kier molecular flexibility index (Phi) is 2.81. The number of halogens is 1. The molecule has 3 nitrogen and oxygen atoms in total. The number of nitriles is 1. The molecule has 13 heavy (non-hydrogen) atoms. The Hall–Kier alpha value is -0.190. The van der Waals surface area contributed by atoms with Gasteiger partial charge in [-0.3, -0.25) is 0 Å². The zero-order chi connectivity index (χ0) is 9.26. The summed E-state index contributed by atoms with van der Waals surface area (Å²) in [4.78, 5) is 4.23. The van der Waals surface area contributed by atoms with E-state index in [0.717, 1.165) is 14.3 Å². The maximum atomic E-state index is 8.85. The molecule has 1 aromatic rings. The van der Waals surface area contributed by atoms with Gasteiger partial charge in [-0.05, 0) is 29.0 Å². The van der Waals surface area contributed by atoms with E-state index >= 15 is 0 Å². The van der Waals surface area contributed by atoms with Crippen molar-refractivity contribution in [3.63, 3.8) is 0 Å². The van der Waals surface area contributed by atoms with Gasteiger partial charge in [-0.2, -0.15) is 5.26 Å². The lowest BCUT2D eigenvalue weighted by atomic mass is 10.0. The first kappa shape index (κ1) is 9.37. The highest BCUT2D eigenvalue weighted by atomic mass is 127. The van der Waals surface area contributed by atoms with Crippen LogP contribution in [-0.4, -0.2) is 11.6 Å². The molecule has 68 valence electrons. The minimum atomic E-state index is -0.0847. The number of thiazole rings is 1. The van der Waals surface area contributed by atoms with E-state index in [0.29, 0.717) is 6.61 Å². The topological polar surface area (TPSA) is 45.9 Å². The molecule has 2 atom stereocenters. The van der Waals surface area contributed by atoms with Gasteiger partial charge in [0.05, 0.1) is 21.1 Å². The smallest absolute Gasteiger partial charge is 0.125 e. The summed E-state index contributed by atoms with van der Waals surface area (Å²) in [6, 6.07) is 2.26. The third-order valence-electron chi connectivity index (χ3n) is 2.00. The van der Waals surface area contributed by atoms with Crippen molar-refractivity contribution >= 4 is 33.9 Å². The number of aromatic nitrogens is 1. The van der Waals surface area contributed by atoms with E-state index in [1.54, 1.807) is 11.3 Å². The lowest BCUT2D eigenvalue weighted by molar-refractivity contribution is 0.100. The molecule has 0 radical (unpaired) electrons. The molecule has 2 heterocycles. The first-order valence-electron chi connectivity index (χ1n) is 3.93. The van der Waals surface area contributed by atoms with Gasteiger partial charge in [-0.1, -0.05) is 0 Å². The highest BCUT2D eigenvalue weighted by Gasteiger charge is 2.31. The van der Waals surface area contributed by atoms with Crippen molar-refractivity contribution in [1.29, 1.82) is 5.26 Å². The van der Waals surface area contributed by atoms with Gasteiger partial charge in [-0.25, -0.2) is 4.98 Å². The minimum absolute atomic E-state index is 0.0121. The summed E-state index contributed by atoms with van der Waals surface area (Å²) < 4.78 is 6.62. The average molecular weight is 306 g/mol. The summed E-state index contributed by atoms with van der Waals surface area (Å²) in [5.74, 6) is -0.0121. The molecule has 0 spiro atoms. The van der Waals surface area contributed by atoms with Crippen molar-refractivity contribution in [1.82, 2.24) is 4.98 Å². The Labute approximate surface area is 93.9 Å². The highest BCUT2D eigenvalue weighted by Crippen LogP contribution is 2.36. The van der Waals surface area contributed by atoms with Crippen LogP contribution >= 0.6 is 33.9 Å². The average Bonchev–Trinajstić information content (AvgIpc) is 2.71. The molecule has 1 aliphatic heterocycles. The van der Waals surface area contributed by atoms with Crippen molar-refractivity contribution in [3.8, 4) is 6.07 Å². The lowest BCUT2D eigenvalue weighted by Crippen LogP contribution is -2.04. The second-order valence-electron chi connectivity index (χ2n) is 2.82. The van der Waals surface area contributed by atoms with Gasteiger partial charge in [0.2, 0.25) is 0 Å². The van der Waals surface area contributed by atoms with E-state index in [1.807, 2.05) is 6.20 Å². The van der Waals surface area contributed by atoms with Gasteiger partial charge in [0.1, 0.15) is 11.1 Å². The van der Waals surface area contributed by atoms with Crippen LogP contribution in [0.1, 0.15) is 17.5 Å². The molecule has 1 aliphatic rings. The molecule has 0 saturated carbocycles. The van der Waals surface area contributed by atoms with Crippen LogP contribution < -0.4 is 0 Å². The normalized spacial score (nSPS) is 27.4. The summed E-state index contributed by atoms with van der Waals surface area (Å²) in [5.41, 5.74) is 0. The van der Waals surface area contributed by atoms with E-state index < -0.39 is 0 Å². The van der Waals surface area contributed by atoms with E-state index in [2.05, 4.69) is 33.6 Å². The van der Waals surface area contributed by atoms with Gasteiger partial charge >= 0.3 is 0 Å². The standard InChI is InChI=1S/C8H7IN2OS/c9-6-4-11-8(13-6)7-5(3-10)1-2-12-7/h4-5,7H,1-2H2.